The fraction of sp³-hybridized carbons (Fsp3) is 0.200. The van der Waals surface area contributed by atoms with Gasteiger partial charge in [-0.1, -0.05) is 12.1 Å². The van der Waals surface area contributed by atoms with Crippen molar-refractivity contribution in [1.82, 2.24) is 0 Å². The lowest BCUT2D eigenvalue weighted by Gasteiger charge is -2.12. The number of esters is 1. The summed E-state index contributed by atoms with van der Waals surface area (Å²) in [6.07, 6.45) is 2.51. The minimum Gasteiger partial charge on any atom is -0.493 e. The third-order valence-corrected chi connectivity index (χ3v) is 3.56. The molecule has 2 rings (SSSR count). The first-order chi connectivity index (χ1) is 13.9. The zero-order valence-corrected chi connectivity index (χ0v) is 15.7. The Morgan fingerprint density at radius 2 is 1.83 bits per heavy atom. The summed E-state index contributed by atoms with van der Waals surface area (Å²) < 4.78 is 44.4. The van der Waals surface area contributed by atoms with Crippen molar-refractivity contribution in [3.63, 3.8) is 0 Å². The monoisotopic (exact) mass is 407 g/mol. The summed E-state index contributed by atoms with van der Waals surface area (Å²) in [4.78, 5) is 23.1. The molecule has 0 aliphatic rings. The van der Waals surface area contributed by atoms with E-state index in [1.54, 1.807) is 30.3 Å². The summed E-state index contributed by atoms with van der Waals surface area (Å²) in [5.74, 6) is -0.620. The smallest absolute Gasteiger partial charge is 0.387 e. The van der Waals surface area contributed by atoms with E-state index in [1.807, 2.05) is 0 Å². The molecule has 1 N–H and O–H groups in total. The number of methoxy groups -OCH3 is 2. The summed E-state index contributed by atoms with van der Waals surface area (Å²) >= 11 is 0. The van der Waals surface area contributed by atoms with Crippen LogP contribution in [-0.2, 0) is 14.3 Å². The zero-order chi connectivity index (χ0) is 21.2. The molecule has 9 heteroatoms. The van der Waals surface area contributed by atoms with Crippen LogP contribution >= 0.6 is 0 Å². The molecule has 0 aliphatic heterocycles. The first kappa shape index (κ1) is 21.7. The highest BCUT2D eigenvalue weighted by atomic mass is 19.3. The SMILES string of the molecule is COC(=O)COc1ccc(NC(=O)C=Cc2cccc(OC)c2OC(F)F)cc1. The molecule has 0 saturated carbocycles. The van der Waals surface area contributed by atoms with Crippen LogP contribution < -0.4 is 19.5 Å². The van der Waals surface area contributed by atoms with Crippen LogP contribution in [0.1, 0.15) is 5.56 Å². The lowest BCUT2D eigenvalue weighted by molar-refractivity contribution is -0.142. The maximum absolute atomic E-state index is 12.6. The molecule has 154 valence electrons. The Kier molecular flexibility index (Phi) is 7.96. The molecule has 0 aliphatic carbocycles. The van der Waals surface area contributed by atoms with Crippen LogP contribution in [0.3, 0.4) is 0 Å². The number of carbonyl (C=O) groups is 2. The maximum Gasteiger partial charge on any atom is 0.387 e. The van der Waals surface area contributed by atoms with E-state index in [0.717, 1.165) is 0 Å². The van der Waals surface area contributed by atoms with E-state index in [2.05, 4.69) is 14.8 Å². The Morgan fingerprint density at radius 1 is 1.10 bits per heavy atom. The van der Waals surface area contributed by atoms with Gasteiger partial charge in [-0.05, 0) is 36.4 Å². The van der Waals surface area contributed by atoms with Crippen molar-refractivity contribution in [2.24, 2.45) is 0 Å². The van der Waals surface area contributed by atoms with E-state index in [9.17, 15) is 18.4 Å². The van der Waals surface area contributed by atoms with E-state index < -0.39 is 18.5 Å². The van der Waals surface area contributed by atoms with Crippen molar-refractivity contribution in [1.29, 1.82) is 0 Å². The highest BCUT2D eigenvalue weighted by molar-refractivity contribution is 6.02. The molecular formula is C20H19F2NO6. The molecule has 0 spiro atoms. The average molecular weight is 407 g/mol. The van der Waals surface area contributed by atoms with Gasteiger partial charge in [0, 0.05) is 17.3 Å². The number of hydrogen-bond acceptors (Lipinski definition) is 6. The summed E-state index contributed by atoms with van der Waals surface area (Å²) in [5, 5.41) is 2.61. The second kappa shape index (κ2) is 10.6. The molecule has 2 aromatic rings. The summed E-state index contributed by atoms with van der Waals surface area (Å²) in [7, 11) is 2.58. The van der Waals surface area contributed by atoms with Gasteiger partial charge in [-0.2, -0.15) is 8.78 Å². The molecule has 0 aromatic heterocycles. The molecule has 29 heavy (non-hydrogen) atoms. The molecule has 0 radical (unpaired) electrons. The third kappa shape index (κ3) is 6.80. The van der Waals surface area contributed by atoms with Crippen LogP contribution in [0.2, 0.25) is 0 Å². The molecule has 0 fully saturated rings. The lowest BCUT2D eigenvalue weighted by Crippen LogP contribution is -2.12. The van der Waals surface area contributed by atoms with Crippen molar-refractivity contribution in [2.75, 3.05) is 26.1 Å². The van der Waals surface area contributed by atoms with Crippen molar-refractivity contribution >= 4 is 23.6 Å². The number of benzene rings is 2. The van der Waals surface area contributed by atoms with Crippen LogP contribution in [0, 0.1) is 0 Å². The van der Waals surface area contributed by atoms with Crippen molar-refractivity contribution in [2.45, 2.75) is 6.61 Å². The molecule has 0 saturated heterocycles. The minimum atomic E-state index is -3.04. The van der Waals surface area contributed by atoms with Gasteiger partial charge in [0.05, 0.1) is 14.2 Å². The van der Waals surface area contributed by atoms with Gasteiger partial charge in [0.2, 0.25) is 5.91 Å². The highest BCUT2D eigenvalue weighted by Gasteiger charge is 2.14. The van der Waals surface area contributed by atoms with E-state index in [0.29, 0.717) is 11.4 Å². The van der Waals surface area contributed by atoms with Gasteiger partial charge in [-0.15, -0.1) is 0 Å². The largest absolute Gasteiger partial charge is 0.493 e. The Labute approximate surface area is 165 Å². The third-order valence-electron chi connectivity index (χ3n) is 3.56. The van der Waals surface area contributed by atoms with Crippen LogP contribution in [0.15, 0.2) is 48.5 Å². The number of rotatable bonds is 9. The summed E-state index contributed by atoms with van der Waals surface area (Å²) in [5.41, 5.74) is 0.728. The number of hydrogen-bond donors (Lipinski definition) is 1. The van der Waals surface area contributed by atoms with E-state index in [1.165, 1.54) is 38.5 Å². The molecule has 0 bridgehead atoms. The standard InChI is InChI=1S/C20H19F2NO6/c1-26-16-5-3-4-13(19(16)29-20(21)22)6-11-17(24)23-14-7-9-15(10-8-14)28-12-18(25)27-2/h3-11,20H,12H2,1-2H3,(H,23,24). The summed E-state index contributed by atoms with van der Waals surface area (Å²) in [6.45, 7) is -3.26. The second-order valence-electron chi connectivity index (χ2n) is 5.47. The Hall–Kier alpha value is -3.62. The number of alkyl halides is 2. The van der Waals surface area contributed by atoms with E-state index in [-0.39, 0.29) is 23.7 Å². The number of halogens is 2. The molecule has 1 amide bonds. The van der Waals surface area contributed by atoms with E-state index >= 15 is 0 Å². The predicted octanol–water partition coefficient (Wildman–Crippen LogP) is 3.50. The topological polar surface area (TPSA) is 83.1 Å². The number of amides is 1. The van der Waals surface area contributed by atoms with Crippen molar-refractivity contribution in [3.05, 3.63) is 54.1 Å². The zero-order valence-electron chi connectivity index (χ0n) is 15.7. The number of ether oxygens (including phenoxy) is 4. The Bertz CT molecular complexity index is 868. The van der Waals surface area contributed by atoms with Gasteiger partial charge in [0.25, 0.3) is 0 Å². The summed E-state index contributed by atoms with van der Waals surface area (Å²) in [6, 6.07) is 10.9. The molecule has 0 heterocycles. The average Bonchev–Trinajstić information content (AvgIpc) is 2.71. The first-order valence-electron chi connectivity index (χ1n) is 8.33. The van der Waals surface area contributed by atoms with E-state index in [4.69, 9.17) is 9.47 Å². The molecular weight excluding hydrogens is 388 g/mol. The van der Waals surface area contributed by atoms with Gasteiger partial charge in [-0.3, -0.25) is 4.79 Å². The molecule has 7 nitrogen and oxygen atoms in total. The predicted molar refractivity (Wildman–Crippen MR) is 101 cm³/mol. The number of nitrogens with one attached hydrogen (secondary N) is 1. The van der Waals surface area contributed by atoms with Crippen molar-refractivity contribution in [3.8, 4) is 17.2 Å². The molecule has 2 aromatic carbocycles. The van der Waals surface area contributed by atoms with Crippen LogP contribution in [0.25, 0.3) is 6.08 Å². The molecule has 0 unspecified atom stereocenters. The normalized spacial score (nSPS) is 10.7. The van der Waals surface area contributed by atoms with Gasteiger partial charge < -0.3 is 24.3 Å². The second-order valence-corrected chi connectivity index (χ2v) is 5.47. The molecule has 0 atom stereocenters. The van der Waals surface area contributed by atoms with Gasteiger partial charge in [-0.25, -0.2) is 4.79 Å². The minimum absolute atomic E-state index is 0.121. The number of para-hydroxylation sites is 1. The van der Waals surface area contributed by atoms with Gasteiger partial charge in [0.1, 0.15) is 5.75 Å². The quantitative estimate of drug-likeness (QED) is 0.506. The number of carbonyl (C=O) groups excluding carboxylic acids is 2. The van der Waals surface area contributed by atoms with Crippen molar-refractivity contribution < 1.29 is 37.3 Å². The van der Waals surface area contributed by atoms with Gasteiger partial charge in [0.15, 0.2) is 18.1 Å². The Balaban J connectivity index is 2.02. The maximum atomic E-state index is 12.6. The fourth-order valence-electron chi connectivity index (χ4n) is 2.23. The lowest BCUT2D eigenvalue weighted by atomic mass is 10.1. The first-order valence-corrected chi connectivity index (χ1v) is 8.33. The van der Waals surface area contributed by atoms with Crippen LogP contribution in [0.4, 0.5) is 14.5 Å². The van der Waals surface area contributed by atoms with Gasteiger partial charge >= 0.3 is 12.6 Å². The Morgan fingerprint density at radius 3 is 2.45 bits per heavy atom. The van der Waals surface area contributed by atoms with Crippen LogP contribution in [0.5, 0.6) is 17.2 Å². The fourth-order valence-corrected chi connectivity index (χ4v) is 2.23. The highest BCUT2D eigenvalue weighted by Crippen LogP contribution is 2.33. The van der Waals surface area contributed by atoms with Crippen LogP contribution in [-0.4, -0.2) is 39.3 Å². The number of anilines is 1.